The van der Waals surface area contributed by atoms with E-state index >= 15 is 0 Å². The SMILES string of the molecule is CCC(C)CC(=C=C(C=C(CC(C)CC)c1ccc(C)cc1)C=c1c2cccc1=C2)c1ccc(C)cc1.[LiH].[LiH]. The number of hydrogen-bond acceptors (Lipinski definition) is 0. The van der Waals surface area contributed by atoms with Gasteiger partial charge >= 0.3 is 37.7 Å². The summed E-state index contributed by atoms with van der Waals surface area (Å²) >= 11 is 0. The molecule has 0 aromatic heterocycles. The minimum atomic E-state index is 0. The number of aryl methyl sites for hydroxylation is 2. The van der Waals surface area contributed by atoms with E-state index < -0.39 is 0 Å². The fraction of sp³-hybridized carbons (Fsp3) is 0.324. The summed E-state index contributed by atoms with van der Waals surface area (Å²) in [5.41, 5.74) is 14.3. The Bertz CT molecular complexity index is 1450. The summed E-state index contributed by atoms with van der Waals surface area (Å²) in [6.07, 6.45) is 11.5. The van der Waals surface area contributed by atoms with Gasteiger partial charge in [-0.15, -0.1) is 5.73 Å². The number of benzene rings is 3. The van der Waals surface area contributed by atoms with E-state index in [1.54, 1.807) is 0 Å². The van der Waals surface area contributed by atoms with Crippen molar-refractivity contribution in [3.63, 3.8) is 0 Å². The van der Waals surface area contributed by atoms with Gasteiger partial charge in [0.1, 0.15) is 0 Å². The van der Waals surface area contributed by atoms with Crippen molar-refractivity contribution in [3.05, 3.63) is 122 Å². The summed E-state index contributed by atoms with van der Waals surface area (Å²) in [5.74, 6) is 1.23. The molecule has 3 aromatic carbocycles. The van der Waals surface area contributed by atoms with E-state index in [0.29, 0.717) is 11.8 Å². The van der Waals surface area contributed by atoms with Crippen LogP contribution in [0.4, 0.5) is 0 Å². The van der Waals surface area contributed by atoms with Crippen LogP contribution in [0.1, 0.15) is 81.2 Å². The predicted octanol–water partition coefficient (Wildman–Crippen LogP) is 7.49. The summed E-state index contributed by atoms with van der Waals surface area (Å²) in [4.78, 5) is 0. The van der Waals surface area contributed by atoms with Crippen molar-refractivity contribution in [2.24, 2.45) is 11.8 Å². The number of fused-ring (bicyclic) bond motifs is 2. The van der Waals surface area contributed by atoms with Crippen LogP contribution in [0, 0.1) is 25.7 Å². The third-order valence-electron chi connectivity index (χ3n) is 7.75. The molecule has 0 spiro atoms. The van der Waals surface area contributed by atoms with Crippen molar-refractivity contribution in [3.8, 4) is 0 Å². The zero-order valence-electron chi connectivity index (χ0n) is 23.6. The van der Waals surface area contributed by atoms with Gasteiger partial charge in [0.2, 0.25) is 0 Å². The molecule has 2 heteroatoms. The Balaban J connectivity index is 0.00000267. The summed E-state index contributed by atoms with van der Waals surface area (Å²) in [6.45, 7) is 13.6. The molecule has 2 atom stereocenters. The van der Waals surface area contributed by atoms with Gasteiger partial charge in [-0.25, -0.2) is 0 Å². The Morgan fingerprint density at radius 2 is 1.31 bits per heavy atom. The Kier molecular flexibility index (Phi) is 13.2. The van der Waals surface area contributed by atoms with Crippen molar-refractivity contribution in [2.75, 3.05) is 0 Å². The molecule has 0 nitrogen and oxygen atoms in total. The van der Waals surface area contributed by atoms with Crippen molar-refractivity contribution in [1.29, 1.82) is 0 Å². The molecule has 0 amide bonds. The van der Waals surface area contributed by atoms with Crippen LogP contribution in [-0.2, 0) is 0 Å². The van der Waals surface area contributed by atoms with Crippen molar-refractivity contribution in [2.45, 2.75) is 67.2 Å². The first kappa shape index (κ1) is 33.1. The Labute approximate surface area is 261 Å². The molecule has 3 aromatic rings. The van der Waals surface area contributed by atoms with E-state index in [4.69, 9.17) is 0 Å². The predicted molar refractivity (Wildman–Crippen MR) is 177 cm³/mol. The van der Waals surface area contributed by atoms with Gasteiger partial charge in [-0.1, -0.05) is 118 Å². The van der Waals surface area contributed by atoms with Gasteiger partial charge in [0.15, 0.2) is 0 Å². The van der Waals surface area contributed by atoms with Crippen LogP contribution < -0.4 is 10.4 Å². The summed E-state index contributed by atoms with van der Waals surface area (Å²) in [5, 5.41) is 2.66. The van der Waals surface area contributed by atoms with E-state index in [1.807, 2.05) is 0 Å². The standard InChI is InChI=1S/C37H42.2Li.2H/c1-7-26(3)20-35(31-16-12-28(5)13-17-31)22-30(24-37-33-10-9-11-34(37)25-33)23-36(21-27(4)8-2)32-18-14-29(6)15-19-32;;;;/h9-19,22,24-27H,7-8,20-21H2,1-6H3;;;;. The van der Waals surface area contributed by atoms with Crippen LogP contribution in [0.15, 0.2) is 84.1 Å². The molecule has 4 rings (SSSR count). The summed E-state index contributed by atoms with van der Waals surface area (Å²) in [6, 6.07) is 24.6. The molecule has 1 aliphatic carbocycles. The molecular formula is C37H44Li2. The van der Waals surface area contributed by atoms with Crippen molar-refractivity contribution < 1.29 is 0 Å². The van der Waals surface area contributed by atoms with Crippen molar-refractivity contribution in [1.82, 2.24) is 0 Å². The second-order valence-corrected chi connectivity index (χ2v) is 11.0. The zero-order valence-corrected chi connectivity index (χ0v) is 23.6. The molecule has 0 heterocycles. The monoisotopic (exact) mass is 502 g/mol. The first-order valence-electron chi connectivity index (χ1n) is 14.0. The summed E-state index contributed by atoms with van der Waals surface area (Å²) in [7, 11) is 0. The molecule has 2 unspecified atom stereocenters. The number of hydrogen-bond donors (Lipinski definition) is 0. The van der Waals surface area contributed by atoms with Gasteiger partial charge in [0.25, 0.3) is 0 Å². The van der Waals surface area contributed by atoms with Crippen LogP contribution in [0.5, 0.6) is 0 Å². The quantitative estimate of drug-likeness (QED) is 0.120. The molecule has 194 valence electrons. The zero-order chi connectivity index (χ0) is 26.4. The van der Waals surface area contributed by atoms with E-state index in [1.165, 1.54) is 61.4 Å². The molecule has 0 radical (unpaired) electrons. The first-order valence-corrected chi connectivity index (χ1v) is 14.0. The molecule has 0 saturated carbocycles. The molecule has 0 saturated heterocycles. The van der Waals surface area contributed by atoms with Gasteiger partial charge < -0.3 is 0 Å². The van der Waals surface area contributed by atoms with E-state index in [9.17, 15) is 0 Å². The Morgan fingerprint density at radius 3 is 1.82 bits per heavy atom. The third-order valence-corrected chi connectivity index (χ3v) is 7.75. The van der Waals surface area contributed by atoms with Crippen LogP contribution in [0.2, 0.25) is 0 Å². The first-order chi connectivity index (χ1) is 17.9. The van der Waals surface area contributed by atoms with Gasteiger partial charge in [-0.3, -0.25) is 0 Å². The van der Waals surface area contributed by atoms with Crippen LogP contribution in [-0.4, -0.2) is 37.7 Å². The van der Waals surface area contributed by atoms with Crippen LogP contribution in [0.3, 0.4) is 0 Å². The van der Waals surface area contributed by atoms with E-state index in [-0.39, 0.29) is 37.7 Å². The molecular weight excluding hydrogens is 458 g/mol. The molecule has 1 aliphatic rings. The van der Waals surface area contributed by atoms with Gasteiger partial charge in [-0.2, -0.15) is 0 Å². The van der Waals surface area contributed by atoms with Gasteiger partial charge in [0, 0.05) is 11.1 Å². The molecule has 0 fully saturated rings. The van der Waals surface area contributed by atoms with E-state index in [2.05, 4.69) is 132 Å². The maximum atomic E-state index is 3.95. The topological polar surface area (TPSA) is 0 Å². The number of allylic oxidation sites excluding steroid dienone is 3. The average molecular weight is 503 g/mol. The third kappa shape index (κ3) is 8.93. The second kappa shape index (κ2) is 15.6. The van der Waals surface area contributed by atoms with Crippen molar-refractivity contribution >= 4 is 61.0 Å². The molecule has 39 heavy (non-hydrogen) atoms. The van der Waals surface area contributed by atoms with Crippen LogP contribution >= 0.6 is 0 Å². The van der Waals surface area contributed by atoms with Gasteiger partial charge in [-0.05, 0) is 89.5 Å². The summed E-state index contributed by atoms with van der Waals surface area (Å²) < 4.78 is 0. The molecule has 0 aliphatic heterocycles. The maximum absolute atomic E-state index is 3.95. The normalized spacial score (nSPS) is 13.6. The minimum absolute atomic E-state index is 0. The molecule has 2 bridgehead atoms. The van der Waals surface area contributed by atoms with Gasteiger partial charge in [0.05, 0.1) is 0 Å². The Hall–Kier alpha value is -2.15. The number of rotatable bonds is 10. The second-order valence-electron chi connectivity index (χ2n) is 11.0. The fourth-order valence-electron chi connectivity index (χ4n) is 4.78. The molecule has 0 N–H and O–H groups in total. The van der Waals surface area contributed by atoms with Crippen LogP contribution in [0.25, 0.3) is 23.3 Å². The fourth-order valence-corrected chi connectivity index (χ4v) is 4.78. The Morgan fingerprint density at radius 1 is 0.744 bits per heavy atom. The average Bonchev–Trinajstić information content (AvgIpc) is 2.91. The van der Waals surface area contributed by atoms with E-state index in [0.717, 1.165) is 19.3 Å².